The molecule has 0 saturated carbocycles. The predicted molar refractivity (Wildman–Crippen MR) is 74.4 cm³/mol. The van der Waals surface area contributed by atoms with Crippen molar-refractivity contribution >= 4 is 11.4 Å². The number of benzene rings is 1. The number of nitrogens with one attached hydrogen (secondary N) is 1. The van der Waals surface area contributed by atoms with E-state index >= 15 is 0 Å². The van der Waals surface area contributed by atoms with Crippen molar-refractivity contribution in [1.29, 1.82) is 0 Å². The van der Waals surface area contributed by atoms with Gasteiger partial charge in [0, 0.05) is 12.6 Å². The Bertz CT molecular complexity index is 453. The Morgan fingerprint density at radius 2 is 1.85 bits per heavy atom. The van der Waals surface area contributed by atoms with Crippen LogP contribution in [0.15, 0.2) is 18.2 Å². The van der Waals surface area contributed by atoms with Crippen LogP contribution in [0.25, 0.3) is 0 Å². The van der Waals surface area contributed by atoms with Gasteiger partial charge in [-0.05, 0) is 30.0 Å². The van der Waals surface area contributed by atoms with Gasteiger partial charge in [-0.1, -0.05) is 20.8 Å². The highest BCUT2D eigenvalue weighted by Gasteiger charge is 2.31. The third kappa shape index (κ3) is 4.30. The zero-order chi connectivity index (χ0) is 15.6. The minimum Gasteiger partial charge on any atom is -0.397 e. The molecule has 1 aromatic rings. The van der Waals surface area contributed by atoms with Crippen LogP contribution in [0.1, 0.15) is 32.8 Å². The lowest BCUT2D eigenvalue weighted by molar-refractivity contribution is -0.137. The zero-order valence-corrected chi connectivity index (χ0v) is 11.9. The number of aliphatic hydroxyl groups excluding tert-OH is 1. The normalized spacial score (nSPS) is 14.2. The summed E-state index contributed by atoms with van der Waals surface area (Å²) >= 11 is 0. The molecule has 1 aromatic carbocycles. The molecule has 0 radical (unpaired) electrons. The monoisotopic (exact) mass is 290 g/mol. The van der Waals surface area contributed by atoms with Gasteiger partial charge in [-0.25, -0.2) is 0 Å². The number of nitrogens with two attached hydrogens (primary N) is 1. The maximum absolute atomic E-state index is 12.6. The topological polar surface area (TPSA) is 58.3 Å². The largest absolute Gasteiger partial charge is 0.416 e. The smallest absolute Gasteiger partial charge is 0.397 e. The summed E-state index contributed by atoms with van der Waals surface area (Å²) < 4.78 is 37.7. The maximum Gasteiger partial charge on any atom is 0.416 e. The van der Waals surface area contributed by atoms with Gasteiger partial charge in [0.25, 0.3) is 0 Å². The van der Waals surface area contributed by atoms with Crippen LogP contribution in [0, 0.1) is 5.41 Å². The van der Waals surface area contributed by atoms with E-state index in [1.807, 2.05) is 20.8 Å². The molecule has 0 spiro atoms. The van der Waals surface area contributed by atoms with E-state index in [0.29, 0.717) is 12.1 Å². The van der Waals surface area contributed by atoms with Crippen LogP contribution >= 0.6 is 0 Å². The SMILES string of the molecule is CC(C)(C)C(CCO)Nc1ccc(C(F)(F)F)cc1N. The van der Waals surface area contributed by atoms with Gasteiger partial charge < -0.3 is 16.2 Å². The maximum atomic E-state index is 12.6. The summed E-state index contributed by atoms with van der Waals surface area (Å²) in [6.45, 7) is 5.96. The Morgan fingerprint density at radius 3 is 2.25 bits per heavy atom. The van der Waals surface area contributed by atoms with Gasteiger partial charge >= 0.3 is 6.18 Å². The van der Waals surface area contributed by atoms with E-state index in [4.69, 9.17) is 10.8 Å². The van der Waals surface area contributed by atoms with Crippen molar-refractivity contribution in [2.45, 2.75) is 39.4 Å². The first-order valence-corrected chi connectivity index (χ1v) is 6.40. The molecular formula is C14H21F3N2O. The Labute approximate surface area is 117 Å². The molecule has 6 heteroatoms. The summed E-state index contributed by atoms with van der Waals surface area (Å²) in [5.41, 5.74) is 5.26. The summed E-state index contributed by atoms with van der Waals surface area (Å²) in [5, 5.41) is 12.2. The van der Waals surface area contributed by atoms with E-state index in [9.17, 15) is 13.2 Å². The average Bonchev–Trinajstić information content (AvgIpc) is 2.28. The van der Waals surface area contributed by atoms with Gasteiger partial charge in [0.15, 0.2) is 0 Å². The summed E-state index contributed by atoms with van der Waals surface area (Å²) in [6, 6.07) is 3.15. The predicted octanol–water partition coefficient (Wildman–Crippen LogP) is 3.50. The molecule has 1 rings (SSSR count). The average molecular weight is 290 g/mol. The number of rotatable bonds is 4. The third-order valence-electron chi connectivity index (χ3n) is 3.17. The van der Waals surface area contributed by atoms with Crippen LogP contribution in [-0.2, 0) is 6.18 Å². The second kappa shape index (κ2) is 5.91. The lowest BCUT2D eigenvalue weighted by atomic mass is 9.84. The molecule has 0 fully saturated rings. The van der Waals surface area contributed by atoms with Crippen LogP contribution in [0.3, 0.4) is 0 Å². The quantitative estimate of drug-likeness (QED) is 0.744. The molecule has 4 N–H and O–H groups in total. The summed E-state index contributed by atoms with van der Waals surface area (Å²) in [7, 11) is 0. The highest BCUT2D eigenvalue weighted by molar-refractivity contribution is 5.67. The van der Waals surface area contributed by atoms with E-state index in [1.54, 1.807) is 0 Å². The van der Waals surface area contributed by atoms with Gasteiger partial charge in [-0.3, -0.25) is 0 Å². The van der Waals surface area contributed by atoms with Crippen LogP contribution in [0.2, 0.25) is 0 Å². The first-order valence-electron chi connectivity index (χ1n) is 6.40. The lowest BCUT2D eigenvalue weighted by Crippen LogP contribution is -2.35. The van der Waals surface area contributed by atoms with Crippen LogP contribution in [0.5, 0.6) is 0 Å². The molecule has 0 amide bonds. The molecule has 1 unspecified atom stereocenters. The van der Waals surface area contributed by atoms with Gasteiger partial charge in [0.05, 0.1) is 16.9 Å². The highest BCUT2D eigenvalue weighted by atomic mass is 19.4. The van der Waals surface area contributed by atoms with Crippen LogP contribution in [-0.4, -0.2) is 17.8 Å². The molecule has 0 saturated heterocycles. The zero-order valence-electron chi connectivity index (χ0n) is 11.9. The van der Waals surface area contributed by atoms with Gasteiger partial charge in [-0.15, -0.1) is 0 Å². The number of nitrogen functional groups attached to an aromatic ring is 1. The second-order valence-electron chi connectivity index (χ2n) is 5.88. The van der Waals surface area contributed by atoms with Crippen LogP contribution < -0.4 is 11.1 Å². The van der Waals surface area contributed by atoms with E-state index in [2.05, 4.69) is 5.32 Å². The fourth-order valence-corrected chi connectivity index (χ4v) is 1.91. The van der Waals surface area contributed by atoms with Crippen molar-refractivity contribution in [3.63, 3.8) is 0 Å². The Balaban J connectivity index is 2.98. The van der Waals surface area contributed by atoms with Gasteiger partial charge in [-0.2, -0.15) is 13.2 Å². The van der Waals surface area contributed by atoms with Crippen molar-refractivity contribution in [3.8, 4) is 0 Å². The molecule has 0 aliphatic heterocycles. The molecule has 114 valence electrons. The minimum absolute atomic E-state index is 0.00449. The standard InChI is InChI=1S/C14H21F3N2O/c1-13(2,3)12(6-7-20)19-11-5-4-9(8-10(11)18)14(15,16)17/h4-5,8,12,19-20H,6-7,18H2,1-3H3. The van der Waals surface area contributed by atoms with E-state index in [0.717, 1.165) is 12.1 Å². The number of alkyl halides is 3. The van der Waals surface area contributed by atoms with E-state index in [1.165, 1.54) is 6.07 Å². The Morgan fingerprint density at radius 1 is 1.25 bits per heavy atom. The number of aliphatic hydroxyl groups is 1. The van der Waals surface area contributed by atoms with Crippen molar-refractivity contribution < 1.29 is 18.3 Å². The molecule has 0 aromatic heterocycles. The minimum atomic E-state index is -4.40. The van der Waals surface area contributed by atoms with Crippen molar-refractivity contribution in [3.05, 3.63) is 23.8 Å². The number of hydrogen-bond acceptors (Lipinski definition) is 3. The number of halogens is 3. The first-order chi connectivity index (χ1) is 9.05. The van der Waals surface area contributed by atoms with Crippen LogP contribution in [0.4, 0.5) is 24.5 Å². The number of hydrogen-bond donors (Lipinski definition) is 3. The fraction of sp³-hybridized carbons (Fsp3) is 0.571. The second-order valence-corrected chi connectivity index (χ2v) is 5.88. The molecule has 0 aliphatic rings. The van der Waals surface area contributed by atoms with Gasteiger partial charge in [0.1, 0.15) is 0 Å². The molecule has 3 nitrogen and oxygen atoms in total. The highest BCUT2D eigenvalue weighted by Crippen LogP contribution is 2.34. The van der Waals surface area contributed by atoms with Crippen molar-refractivity contribution in [2.24, 2.45) is 5.41 Å². The third-order valence-corrected chi connectivity index (χ3v) is 3.17. The summed E-state index contributed by atoms with van der Waals surface area (Å²) in [6.07, 6.45) is -3.91. The van der Waals surface area contributed by atoms with Gasteiger partial charge in [0.2, 0.25) is 0 Å². The molecule has 1 atom stereocenters. The molecule has 20 heavy (non-hydrogen) atoms. The molecule has 0 heterocycles. The molecular weight excluding hydrogens is 269 g/mol. The molecule has 0 aliphatic carbocycles. The summed E-state index contributed by atoms with van der Waals surface area (Å²) in [4.78, 5) is 0. The molecule has 0 bridgehead atoms. The Kier molecular flexibility index (Phi) is 4.91. The fourth-order valence-electron chi connectivity index (χ4n) is 1.91. The first kappa shape index (κ1) is 16.6. The Hall–Kier alpha value is -1.43. The van der Waals surface area contributed by atoms with Crippen molar-refractivity contribution in [1.82, 2.24) is 0 Å². The summed E-state index contributed by atoms with van der Waals surface area (Å²) in [5.74, 6) is 0. The number of anilines is 2. The lowest BCUT2D eigenvalue weighted by Gasteiger charge is -2.32. The van der Waals surface area contributed by atoms with E-state index < -0.39 is 11.7 Å². The van der Waals surface area contributed by atoms with Crippen molar-refractivity contribution in [2.75, 3.05) is 17.7 Å². The van der Waals surface area contributed by atoms with E-state index in [-0.39, 0.29) is 23.8 Å².